The lowest BCUT2D eigenvalue weighted by Gasteiger charge is -2.40. The van der Waals surface area contributed by atoms with E-state index in [1.165, 1.54) is 122 Å². The number of nitrogens with zero attached hydrogens (tertiary/aromatic N) is 1. The molecule has 1 heteroatoms. The van der Waals surface area contributed by atoms with Gasteiger partial charge in [-0.1, -0.05) is 253 Å². The summed E-state index contributed by atoms with van der Waals surface area (Å²) in [6, 6.07) is 72.2. The summed E-state index contributed by atoms with van der Waals surface area (Å²) in [6.07, 6.45) is 17.2. The maximum absolute atomic E-state index is 2.74. The Bertz CT molecular complexity index is 4090. The van der Waals surface area contributed by atoms with Crippen LogP contribution in [0.25, 0.3) is 77.3 Å². The van der Waals surface area contributed by atoms with Gasteiger partial charge in [-0.15, -0.1) is 0 Å². The highest BCUT2D eigenvalue weighted by atomic mass is 15.2. The van der Waals surface area contributed by atoms with Gasteiger partial charge in [-0.3, -0.25) is 0 Å². The molecule has 0 amide bonds. The first kappa shape index (κ1) is 45.4. The monoisotopic (exact) mass is 977 g/mol. The van der Waals surface area contributed by atoms with Crippen LogP contribution in [0.3, 0.4) is 0 Å². The van der Waals surface area contributed by atoms with Gasteiger partial charge in [-0.25, -0.2) is 0 Å². The molecule has 0 N–H and O–H groups in total. The molecule has 5 aliphatic carbocycles. The van der Waals surface area contributed by atoms with Crippen molar-refractivity contribution in [2.45, 2.75) is 77.3 Å². The maximum Gasteiger partial charge on any atom is 0.0584 e. The molecule has 1 nitrogen and oxygen atoms in total. The van der Waals surface area contributed by atoms with Gasteiger partial charge in [0.2, 0.25) is 0 Å². The summed E-state index contributed by atoms with van der Waals surface area (Å²) in [5, 5.41) is 5.18. The Morgan fingerprint density at radius 2 is 0.987 bits per heavy atom. The number of fused-ring (bicyclic) bond motifs is 10. The summed E-state index contributed by atoms with van der Waals surface area (Å²) in [5.74, 6) is 0.689. The molecule has 0 bridgehead atoms. The SMILES string of the molecule is CC1(C)c2ccccc2-c2ccc(-c3c4ccccc4c(-c4ccc5c(c4)C(C)(C)c4ccccc4-5)c4cc(C5=CC6C(C=C5)C5=C(CC(N7C(c8ccccc8)=CCC7c7ccccc7)C=C5)C6(C)C)ccc34)cc21. The molecule has 6 aliphatic rings. The van der Waals surface area contributed by atoms with E-state index in [1.807, 2.05) is 0 Å². The lowest BCUT2D eigenvalue weighted by Crippen LogP contribution is -2.36. The zero-order chi connectivity index (χ0) is 51.2. The van der Waals surface area contributed by atoms with E-state index in [0.29, 0.717) is 17.9 Å². The molecule has 4 unspecified atom stereocenters. The first-order valence-electron chi connectivity index (χ1n) is 27.9. The van der Waals surface area contributed by atoms with Crippen LogP contribution in [0.2, 0.25) is 0 Å². The van der Waals surface area contributed by atoms with Crippen molar-refractivity contribution in [1.29, 1.82) is 0 Å². The smallest absolute Gasteiger partial charge is 0.0584 e. The minimum absolute atomic E-state index is 0.0290. The number of benzene rings is 9. The van der Waals surface area contributed by atoms with E-state index in [9.17, 15) is 0 Å². The van der Waals surface area contributed by atoms with Crippen molar-refractivity contribution < 1.29 is 0 Å². The van der Waals surface area contributed by atoms with Gasteiger partial charge in [0.25, 0.3) is 0 Å². The van der Waals surface area contributed by atoms with Gasteiger partial charge in [0.15, 0.2) is 0 Å². The van der Waals surface area contributed by atoms with E-state index >= 15 is 0 Å². The van der Waals surface area contributed by atoms with Gasteiger partial charge in [0.05, 0.1) is 12.1 Å². The van der Waals surface area contributed by atoms with Crippen LogP contribution in [-0.4, -0.2) is 10.9 Å². The van der Waals surface area contributed by atoms with E-state index in [4.69, 9.17) is 0 Å². The van der Waals surface area contributed by atoms with E-state index in [0.717, 1.165) is 12.8 Å². The molecule has 0 fully saturated rings. The molecular weight excluding hydrogens is 915 g/mol. The van der Waals surface area contributed by atoms with Crippen molar-refractivity contribution >= 4 is 32.8 Å². The fourth-order valence-electron chi connectivity index (χ4n) is 15.4. The van der Waals surface area contributed by atoms with E-state index in [-0.39, 0.29) is 22.3 Å². The highest BCUT2D eigenvalue weighted by Gasteiger charge is 2.49. The fraction of sp³-hybridized carbons (Fsp3) is 0.200. The Kier molecular flexibility index (Phi) is 9.86. The van der Waals surface area contributed by atoms with E-state index in [1.54, 1.807) is 5.57 Å². The third-order valence-corrected chi connectivity index (χ3v) is 19.3. The number of hydrogen-bond acceptors (Lipinski definition) is 1. The summed E-state index contributed by atoms with van der Waals surface area (Å²) in [6.45, 7) is 14.7. The zero-order valence-corrected chi connectivity index (χ0v) is 44.5. The van der Waals surface area contributed by atoms with Crippen LogP contribution in [0.15, 0.2) is 236 Å². The Morgan fingerprint density at radius 3 is 1.63 bits per heavy atom. The van der Waals surface area contributed by atoms with Gasteiger partial charge < -0.3 is 4.90 Å². The largest absolute Gasteiger partial charge is 0.357 e. The summed E-state index contributed by atoms with van der Waals surface area (Å²) in [5.41, 5.74) is 25.7. The first-order chi connectivity index (χ1) is 37.0. The summed E-state index contributed by atoms with van der Waals surface area (Å²) in [7, 11) is 0. The highest BCUT2D eigenvalue weighted by Crippen LogP contribution is 2.59. The van der Waals surface area contributed by atoms with Crippen LogP contribution in [0.5, 0.6) is 0 Å². The molecule has 9 aromatic carbocycles. The molecule has 76 heavy (non-hydrogen) atoms. The molecule has 15 rings (SSSR count). The van der Waals surface area contributed by atoms with Crippen LogP contribution in [-0.2, 0) is 10.8 Å². The summed E-state index contributed by atoms with van der Waals surface area (Å²) in [4.78, 5) is 2.74. The predicted octanol–water partition coefficient (Wildman–Crippen LogP) is 19.3. The van der Waals surface area contributed by atoms with Crippen LogP contribution in [0, 0.1) is 17.3 Å². The molecule has 0 spiro atoms. The second kappa shape index (κ2) is 16.5. The third kappa shape index (κ3) is 6.51. The summed E-state index contributed by atoms with van der Waals surface area (Å²) < 4.78 is 0. The average Bonchev–Trinajstić information content (AvgIpc) is 4.26. The lowest BCUT2D eigenvalue weighted by atomic mass is 9.70. The Balaban J connectivity index is 0.856. The standard InChI is InChI=1S/C75H63N/c1-73(2)63-27-17-15-23-53(63)55-35-31-50(43-66(55)73)71-59-25-13-14-26-60(59)72(51-32-36-56-54-24-16-18-28-64(54)74(3,4)67(56)44-51)62-41-48(30-37-61(62)71)49-29-34-57-58-38-33-52(45-68(58)75(5,6)65(57)42-49)76-69(46-19-9-7-10-20-46)39-40-70(76)47-21-11-8-12-22-47/h7-39,41-44,52,57,65,70H,40,45H2,1-6H3. The molecule has 0 saturated carbocycles. The fourth-order valence-corrected chi connectivity index (χ4v) is 15.4. The van der Waals surface area contributed by atoms with Gasteiger partial charge in [0.1, 0.15) is 0 Å². The quantitative estimate of drug-likeness (QED) is 0.150. The molecule has 368 valence electrons. The topological polar surface area (TPSA) is 3.24 Å². The van der Waals surface area contributed by atoms with Gasteiger partial charge >= 0.3 is 0 Å². The Hall–Kier alpha value is -8.00. The molecule has 4 atom stereocenters. The maximum atomic E-state index is 2.74. The average molecular weight is 978 g/mol. The van der Waals surface area contributed by atoms with E-state index in [2.05, 4.69) is 271 Å². The molecule has 9 aromatic rings. The third-order valence-electron chi connectivity index (χ3n) is 19.3. The highest BCUT2D eigenvalue weighted by molar-refractivity contribution is 6.22. The Morgan fingerprint density at radius 1 is 0.447 bits per heavy atom. The molecule has 0 aromatic heterocycles. The zero-order valence-electron chi connectivity index (χ0n) is 44.5. The van der Waals surface area contributed by atoms with Crippen molar-refractivity contribution in [3.63, 3.8) is 0 Å². The predicted molar refractivity (Wildman–Crippen MR) is 320 cm³/mol. The Labute approximate surface area is 449 Å². The first-order valence-corrected chi connectivity index (χ1v) is 27.9. The molecule has 0 radical (unpaired) electrons. The van der Waals surface area contributed by atoms with Crippen molar-refractivity contribution in [3.8, 4) is 44.5 Å². The number of hydrogen-bond donors (Lipinski definition) is 0. The lowest BCUT2D eigenvalue weighted by molar-refractivity contribution is 0.251. The minimum Gasteiger partial charge on any atom is -0.357 e. The molecule has 1 heterocycles. The van der Waals surface area contributed by atoms with Crippen molar-refractivity contribution in [2.24, 2.45) is 17.3 Å². The second-order valence-corrected chi connectivity index (χ2v) is 24.3. The molecular formula is C75H63N. The van der Waals surface area contributed by atoms with Crippen LogP contribution in [0.1, 0.15) is 99.4 Å². The normalized spacial score (nSPS) is 21.7. The second-order valence-electron chi connectivity index (χ2n) is 24.3. The van der Waals surface area contributed by atoms with Crippen LogP contribution < -0.4 is 0 Å². The molecule has 0 saturated heterocycles. The van der Waals surface area contributed by atoms with Crippen LogP contribution in [0.4, 0.5) is 0 Å². The van der Waals surface area contributed by atoms with Gasteiger partial charge in [-0.2, -0.15) is 0 Å². The van der Waals surface area contributed by atoms with Crippen molar-refractivity contribution in [1.82, 2.24) is 4.90 Å². The minimum atomic E-state index is -0.114. The molecule has 1 aliphatic heterocycles. The van der Waals surface area contributed by atoms with Crippen LogP contribution >= 0.6 is 0 Å². The van der Waals surface area contributed by atoms with Crippen molar-refractivity contribution in [2.75, 3.05) is 0 Å². The van der Waals surface area contributed by atoms with E-state index < -0.39 is 0 Å². The van der Waals surface area contributed by atoms with Crippen molar-refractivity contribution in [3.05, 3.63) is 275 Å². The number of allylic oxidation sites excluding steroid dienone is 6. The summed E-state index contributed by atoms with van der Waals surface area (Å²) >= 11 is 0. The van der Waals surface area contributed by atoms with Gasteiger partial charge in [-0.05, 0) is 159 Å². The van der Waals surface area contributed by atoms with Gasteiger partial charge in [0, 0.05) is 22.4 Å². The number of rotatable bonds is 6.